The molecule has 0 N–H and O–H groups in total. The van der Waals surface area contributed by atoms with Crippen LogP contribution in [-0.4, -0.2) is 29.3 Å². The monoisotopic (exact) mass is 323 g/mol. The smallest absolute Gasteiger partial charge is 0.175 e. The van der Waals surface area contributed by atoms with Gasteiger partial charge in [0.1, 0.15) is 0 Å². The van der Waals surface area contributed by atoms with Crippen LogP contribution in [0.2, 0.25) is 0 Å². The maximum absolute atomic E-state index is 6.49. The molecule has 4 atom stereocenters. The molecule has 3 rings (SSSR count). The van der Waals surface area contributed by atoms with Crippen molar-refractivity contribution in [1.82, 2.24) is 4.90 Å². The molecule has 0 radical (unpaired) electrons. The summed E-state index contributed by atoms with van der Waals surface area (Å²) in [5.41, 5.74) is 1.12. The summed E-state index contributed by atoms with van der Waals surface area (Å²) in [5, 5.41) is 0. The van der Waals surface area contributed by atoms with Gasteiger partial charge in [-0.1, -0.05) is 43.5 Å². The Balaban J connectivity index is 1.88. The highest BCUT2D eigenvalue weighted by atomic mass is 16.5. The molecule has 0 aromatic heterocycles. The number of hydrogen-bond donors (Lipinski definition) is 0. The summed E-state index contributed by atoms with van der Waals surface area (Å²) >= 11 is 0. The minimum Gasteiger partial charge on any atom is -0.348 e. The van der Waals surface area contributed by atoms with Gasteiger partial charge in [-0.25, -0.2) is 0 Å². The molecule has 2 nitrogen and oxygen atoms in total. The van der Waals surface area contributed by atoms with Crippen molar-refractivity contribution in [2.75, 3.05) is 6.54 Å². The summed E-state index contributed by atoms with van der Waals surface area (Å²) in [7, 11) is 0. The lowest BCUT2D eigenvalue weighted by atomic mass is 9.70. The van der Waals surface area contributed by atoms with Crippen molar-refractivity contribution in [2.24, 2.45) is 11.8 Å². The van der Waals surface area contributed by atoms with E-state index in [1.165, 1.54) is 12.8 Å². The van der Waals surface area contributed by atoms with Gasteiger partial charge in [0.05, 0.1) is 6.10 Å². The molecular weight excluding hydrogens is 294 g/mol. The molecule has 1 aromatic carbocycles. The van der Waals surface area contributed by atoms with Crippen LogP contribution in [0.15, 0.2) is 43.0 Å². The first-order valence-electron chi connectivity index (χ1n) is 9.12. The quantitative estimate of drug-likeness (QED) is 0.588. The summed E-state index contributed by atoms with van der Waals surface area (Å²) in [6.45, 7) is 11.8. The molecule has 0 amide bonds. The molecular formula is C22H29NO. The zero-order chi connectivity index (χ0) is 17.2. The first-order valence-corrected chi connectivity index (χ1v) is 9.12. The molecule has 1 heterocycles. The molecule has 1 saturated heterocycles. The highest BCUT2D eigenvalue weighted by molar-refractivity contribution is 5.34. The van der Waals surface area contributed by atoms with Gasteiger partial charge in [-0.2, -0.15) is 0 Å². The summed E-state index contributed by atoms with van der Waals surface area (Å²) in [6.07, 6.45) is 5.82. The zero-order valence-electron chi connectivity index (χ0n) is 15.2. The van der Waals surface area contributed by atoms with Crippen molar-refractivity contribution in [3.63, 3.8) is 0 Å². The van der Waals surface area contributed by atoms with E-state index in [1.807, 2.05) is 36.4 Å². The van der Waals surface area contributed by atoms with E-state index in [9.17, 15) is 0 Å². The molecule has 24 heavy (non-hydrogen) atoms. The summed E-state index contributed by atoms with van der Waals surface area (Å²) in [4.78, 5) is 2.38. The second kappa shape index (κ2) is 7.13. The van der Waals surface area contributed by atoms with Crippen LogP contribution >= 0.6 is 0 Å². The predicted molar refractivity (Wildman–Crippen MR) is 99.5 cm³/mol. The maximum atomic E-state index is 6.49. The Morgan fingerprint density at radius 1 is 1.29 bits per heavy atom. The van der Waals surface area contributed by atoms with E-state index in [1.54, 1.807) is 0 Å². The SMILES string of the molecule is C=CCN1[C@H](C#Cc2ccccc2)O[C@@H]2C[C@H](C)CC[C@H]2C1(C)C. The van der Waals surface area contributed by atoms with Crippen LogP contribution in [0.1, 0.15) is 45.6 Å². The topological polar surface area (TPSA) is 12.5 Å². The minimum absolute atomic E-state index is 0.0767. The summed E-state index contributed by atoms with van der Waals surface area (Å²) in [6, 6.07) is 10.2. The van der Waals surface area contributed by atoms with Gasteiger partial charge in [-0.15, -0.1) is 6.58 Å². The molecule has 1 aliphatic carbocycles. The molecule has 2 fully saturated rings. The highest BCUT2D eigenvalue weighted by Gasteiger charge is 2.49. The average Bonchev–Trinajstić information content (AvgIpc) is 2.56. The summed E-state index contributed by atoms with van der Waals surface area (Å²) in [5.74, 6) is 8.00. The Morgan fingerprint density at radius 2 is 2.04 bits per heavy atom. The van der Waals surface area contributed by atoms with Crippen molar-refractivity contribution in [3.05, 3.63) is 48.6 Å². The third-order valence-corrected chi connectivity index (χ3v) is 5.73. The van der Waals surface area contributed by atoms with E-state index in [0.717, 1.165) is 24.4 Å². The molecule has 1 aromatic rings. The number of nitrogens with zero attached hydrogens (tertiary/aromatic N) is 1. The second-order valence-corrected chi connectivity index (χ2v) is 7.78. The Kier molecular flexibility index (Phi) is 5.13. The zero-order valence-corrected chi connectivity index (χ0v) is 15.2. The number of hydrogen-bond acceptors (Lipinski definition) is 2. The van der Waals surface area contributed by atoms with Gasteiger partial charge in [0, 0.05) is 23.6 Å². The number of fused-ring (bicyclic) bond motifs is 1. The van der Waals surface area contributed by atoms with Crippen molar-refractivity contribution in [3.8, 4) is 11.8 Å². The standard InChI is InChI=1S/C22H29NO/c1-5-15-23-21(14-12-18-9-7-6-8-10-18)24-20-16-17(2)11-13-19(20)22(23,3)4/h5-10,17,19-21H,1,11,13,15-16H2,2-4H3/t17-,19-,20-,21+/m1/s1. The van der Waals surface area contributed by atoms with Crippen molar-refractivity contribution in [1.29, 1.82) is 0 Å². The molecule has 2 heteroatoms. The Labute approximate surface area is 146 Å². The third-order valence-electron chi connectivity index (χ3n) is 5.73. The first-order chi connectivity index (χ1) is 11.5. The number of ether oxygens (including phenoxy) is 1. The first kappa shape index (κ1) is 17.3. The van der Waals surface area contributed by atoms with Crippen LogP contribution in [0.25, 0.3) is 0 Å². The lowest BCUT2D eigenvalue weighted by molar-refractivity contribution is -0.208. The van der Waals surface area contributed by atoms with Crippen molar-refractivity contribution < 1.29 is 4.74 Å². The third kappa shape index (κ3) is 3.43. The van der Waals surface area contributed by atoms with Gasteiger partial charge < -0.3 is 4.74 Å². The minimum atomic E-state index is -0.162. The van der Waals surface area contributed by atoms with Gasteiger partial charge in [0.15, 0.2) is 6.23 Å². The normalized spacial score (nSPS) is 32.3. The fourth-order valence-corrected chi connectivity index (χ4v) is 4.29. The van der Waals surface area contributed by atoms with Gasteiger partial charge >= 0.3 is 0 Å². The summed E-state index contributed by atoms with van der Waals surface area (Å²) < 4.78 is 6.49. The molecule has 2 aliphatic rings. The van der Waals surface area contributed by atoms with E-state index in [2.05, 4.69) is 44.1 Å². The fraction of sp³-hybridized carbons (Fsp3) is 0.545. The molecule has 1 aliphatic heterocycles. The van der Waals surface area contributed by atoms with Crippen molar-refractivity contribution in [2.45, 2.75) is 57.9 Å². The fourth-order valence-electron chi connectivity index (χ4n) is 4.29. The average molecular weight is 323 g/mol. The number of benzene rings is 1. The van der Waals surface area contributed by atoms with Crippen molar-refractivity contribution >= 4 is 0 Å². The van der Waals surface area contributed by atoms with Crippen LogP contribution in [0.5, 0.6) is 0 Å². The Hall–Kier alpha value is -1.56. The van der Waals surface area contributed by atoms with E-state index in [4.69, 9.17) is 4.74 Å². The lowest BCUT2D eigenvalue weighted by Crippen LogP contribution is -2.64. The molecule has 1 saturated carbocycles. The van der Waals surface area contributed by atoms with Gasteiger partial charge in [0.25, 0.3) is 0 Å². The molecule has 128 valence electrons. The van der Waals surface area contributed by atoms with E-state index in [0.29, 0.717) is 12.0 Å². The van der Waals surface area contributed by atoms with Crippen LogP contribution < -0.4 is 0 Å². The molecule has 0 unspecified atom stereocenters. The molecule has 0 spiro atoms. The predicted octanol–water partition coefficient (Wildman–Crippen LogP) is 4.47. The lowest BCUT2D eigenvalue weighted by Gasteiger charge is -2.56. The highest BCUT2D eigenvalue weighted by Crippen LogP contribution is 2.44. The van der Waals surface area contributed by atoms with Gasteiger partial charge in [-0.3, -0.25) is 4.90 Å². The van der Waals surface area contributed by atoms with Gasteiger partial charge in [0.2, 0.25) is 0 Å². The van der Waals surface area contributed by atoms with Crippen LogP contribution in [0.4, 0.5) is 0 Å². The van der Waals surface area contributed by atoms with Crippen LogP contribution in [-0.2, 0) is 4.74 Å². The van der Waals surface area contributed by atoms with E-state index in [-0.39, 0.29) is 11.8 Å². The maximum Gasteiger partial charge on any atom is 0.175 e. The van der Waals surface area contributed by atoms with E-state index < -0.39 is 0 Å². The van der Waals surface area contributed by atoms with Crippen LogP contribution in [0.3, 0.4) is 0 Å². The second-order valence-electron chi connectivity index (χ2n) is 7.78. The Bertz CT molecular complexity index is 624. The van der Waals surface area contributed by atoms with E-state index >= 15 is 0 Å². The number of rotatable bonds is 2. The largest absolute Gasteiger partial charge is 0.348 e. The van der Waals surface area contributed by atoms with Crippen LogP contribution in [0, 0.1) is 23.7 Å². The molecule has 0 bridgehead atoms. The van der Waals surface area contributed by atoms with Gasteiger partial charge in [-0.05, 0) is 50.7 Å². The Morgan fingerprint density at radius 3 is 2.75 bits per heavy atom.